The summed E-state index contributed by atoms with van der Waals surface area (Å²) in [5.41, 5.74) is 7.54. The van der Waals surface area contributed by atoms with Crippen LogP contribution in [0.25, 0.3) is 0 Å². The van der Waals surface area contributed by atoms with E-state index >= 15 is 0 Å². The lowest BCUT2D eigenvalue weighted by atomic mass is 9.50. The van der Waals surface area contributed by atoms with Gasteiger partial charge in [0.15, 0.2) is 0 Å². The Bertz CT molecular complexity index is 253. The van der Waals surface area contributed by atoms with E-state index in [1.54, 1.807) is 0 Å². The number of hydrogen-bond donors (Lipinski definition) is 1. The second-order valence-electron chi connectivity index (χ2n) is 6.38. The fourth-order valence-electron chi connectivity index (χ4n) is 4.88. The number of nitrogens with two attached hydrogens (primary N) is 1. The molecule has 0 radical (unpaired) electrons. The molecule has 0 spiro atoms. The van der Waals surface area contributed by atoms with Gasteiger partial charge >= 0.3 is 0 Å². The summed E-state index contributed by atoms with van der Waals surface area (Å²) >= 11 is 0. The minimum Gasteiger partial charge on any atom is -0.324 e. The normalized spacial score (nSPS) is 49.3. The quantitative estimate of drug-likeness (QED) is 0.689. The van der Waals surface area contributed by atoms with Crippen molar-refractivity contribution in [1.82, 2.24) is 0 Å². The van der Waals surface area contributed by atoms with Crippen LogP contribution in [0, 0.1) is 29.6 Å². The lowest BCUT2D eigenvalue weighted by molar-refractivity contribution is -0.0421. The molecule has 4 aliphatic carbocycles. The minimum atomic E-state index is 0.278. The molecule has 1 atom stereocenters. The third-order valence-electron chi connectivity index (χ3n) is 5.28. The maximum Gasteiger partial charge on any atom is 0.0282 e. The molecule has 0 amide bonds. The average molecular weight is 205 g/mol. The second kappa shape index (κ2) is 3.35. The topological polar surface area (TPSA) is 26.0 Å². The maximum absolute atomic E-state index is 6.34. The fraction of sp³-hybridized carbons (Fsp3) is 0.857. The van der Waals surface area contributed by atoms with Crippen LogP contribution in [0.1, 0.15) is 39.0 Å². The van der Waals surface area contributed by atoms with Gasteiger partial charge in [-0.2, -0.15) is 0 Å². The summed E-state index contributed by atoms with van der Waals surface area (Å²) in [6.07, 6.45) is 7.41. The summed E-state index contributed by atoms with van der Waals surface area (Å²) in [7, 11) is 0. The van der Waals surface area contributed by atoms with Crippen molar-refractivity contribution in [2.24, 2.45) is 35.3 Å². The molecular formula is C14H23N. The molecule has 4 fully saturated rings. The Kier molecular flexibility index (Phi) is 2.21. The maximum atomic E-state index is 6.34. The van der Waals surface area contributed by atoms with Crippen LogP contribution in [0.2, 0.25) is 0 Å². The van der Waals surface area contributed by atoms with Gasteiger partial charge in [-0.3, -0.25) is 0 Å². The lowest BCUT2D eigenvalue weighted by Gasteiger charge is -2.56. The molecule has 0 aromatic heterocycles. The third kappa shape index (κ3) is 1.47. The molecule has 15 heavy (non-hydrogen) atoms. The molecule has 0 heterocycles. The van der Waals surface area contributed by atoms with Crippen LogP contribution in [0.3, 0.4) is 0 Å². The molecule has 1 heteroatoms. The van der Waals surface area contributed by atoms with Crippen LogP contribution in [-0.4, -0.2) is 6.04 Å². The van der Waals surface area contributed by atoms with Gasteiger partial charge in [-0.05, 0) is 68.6 Å². The Balaban J connectivity index is 1.83. The van der Waals surface area contributed by atoms with E-state index in [1.807, 2.05) is 0 Å². The summed E-state index contributed by atoms with van der Waals surface area (Å²) in [5, 5.41) is 0. The van der Waals surface area contributed by atoms with Crippen molar-refractivity contribution in [3.8, 4) is 0 Å². The van der Waals surface area contributed by atoms with Crippen LogP contribution in [0.4, 0.5) is 0 Å². The third-order valence-corrected chi connectivity index (χ3v) is 5.28. The van der Waals surface area contributed by atoms with Crippen molar-refractivity contribution >= 4 is 0 Å². The first-order valence-electron chi connectivity index (χ1n) is 6.56. The van der Waals surface area contributed by atoms with Crippen molar-refractivity contribution < 1.29 is 0 Å². The molecule has 2 N–H and O–H groups in total. The highest BCUT2D eigenvalue weighted by Crippen LogP contribution is 2.57. The predicted molar refractivity (Wildman–Crippen MR) is 63.3 cm³/mol. The minimum absolute atomic E-state index is 0.278. The Labute approximate surface area is 93.1 Å². The van der Waals surface area contributed by atoms with Gasteiger partial charge in [0.25, 0.3) is 0 Å². The van der Waals surface area contributed by atoms with Gasteiger partial charge in [-0.25, -0.2) is 0 Å². The first-order valence-corrected chi connectivity index (χ1v) is 6.56. The van der Waals surface area contributed by atoms with E-state index in [2.05, 4.69) is 13.5 Å². The molecule has 1 unspecified atom stereocenters. The van der Waals surface area contributed by atoms with Gasteiger partial charge in [-0.1, -0.05) is 12.2 Å². The van der Waals surface area contributed by atoms with Gasteiger partial charge in [0, 0.05) is 6.04 Å². The van der Waals surface area contributed by atoms with E-state index < -0.39 is 0 Å². The van der Waals surface area contributed by atoms with E-state index in [0.29, 0.717) is 0 Å². The van der Waals surface area contributed by atoms with Crippen molar-refractivity contribution in [1.29, 1.82) is 0 Å². The first kappa shape index (κ1) is 9.89. The van der Waals surface area contributed by atoms with E-state index in [4.69, 9.17) is 5.73 Å². The van der Waals surface area contributed by atoms with Crippen LogP contribution >= 0.6 is 0 Å². The molecule has 0 aromatic rings. The fourth-order valence-corrected chi connectivity index (χ4v) is 4.88. The van der Waals surface area contributed by atoms with Crippen LogP contribution < -0.4 is 5.73 Å². The largest absolute Gasteiger partial charge is 0.324 e. The van der Waals surface area contributed by atoms with E-state index in [0.717, 1.165) is 29.6 Å². The van der Waals surface area contributed by atoms with Crippen molar-refractivity contribution in [3.05, 3.63) is 12.2 Å². The predicted octanol–water partition coefficient (Wildman–Crippen LogP) is 2.96. The summed E-state index contributed by atoms with van der Waals surface area (Å²) in [6.45, 7) is 6.17. The average Bonchev–Trinajstić information content (AvgIpc) is 2.15. The molecule has 4 aliphatic rings. The zero-order valence-corrected chi connectivity index (χ0v) is 9.78. The summed E-state index contributed by atoms with van der Waals surface area (Å²) in [5.74, 6) is 4.76. The summed E-state index contributed by atoms with van der Waals surface area (Å²) < 4.78 is 0. The monoisotopic (exact) mass is 205 g/mol. The SMILES string of the molecule is C=C(C)C(N)C1C2CC3CC(C2)CC1C3. The van der Waals surface area contributed by atoms with E-state index in [9.17, 15) is 0 Å². The van der Waals surface area contributed by atoms with Gasteiger partial charge in [0.05, 0.1) is 0 Å². The molecule has 0 aromatic carbocycles. The summed E-state index contributed by atoms with van der Waals surface area (Å²) in [4.78, 5) is 0. The standard InChI is InChI=1S/C14H23N/c1-8(2)14(15)13-11-4-9-3-10(6-11)7-12(13)5-9/h9-14H,1,3-7,15H2,2H3. The zero-order chi connectivity index (χ0) is 10.6. The first-order chi connectivity index (χ1) is 7.15. The van der Waals surface area contributed by atoms with Gasteiger partial charge in [0.1, 0.15) is 0 Å². The molecule has 4 saturated carbocycles. The van der Waals surface area contributed by atoms with Crippen LogP contribution in [0.5, 0.6) is 0 Å². The molecule has 0 aliphatic heterocycles. The molecule has 4 rings (SSSR count). The van der Waals surface area contributed by atoms with Crippen molar-refractivity contribution in [2.75, 3.05) is 0 Å². The van der Waals surface area contributed by atoms with Gasteiger partial charge < -0.3 is 5.73 Å². The van der Waals surface area contributed by atoms with Crippen molar-refractivity contribution in [2.45, 2.75) is 45.1 Å². The highest BCUT2D eigenvalue weighted by Gasteiger charge is 2.49. The smallest absolute Gasteiger partial charge is 0.0282 e. The molecule has 0 saturated heterocycles. The number of hydrogen-bond acceptors (Lipinski definition) is 1. The highest BCUT2D eigenvalue weighted by molar-refractivity contribution is 5.10. The Morgan fingerprint density at radius 1 is 1.07 bits per heavy atom. The lowest BCUT2D eigenvalue weighted by Crippen LogP contribution is -2.51. The Morgan fingerprint density at radius 3 is 1.93 bits per heavy atom. The molecule has 1 nitrogen and oxygen atoms in total. The zero-order valence-electron chi connectivity index (χ0n) is 9.78. The Hall–Kier alpha value is -0.300. The van der Waals surface area contributed by atoms with Gasteiger partial charge in [0.2, 0.25) is 0 Å². The molecule has 84 valence electrons. The number of rotatable bonds is 2. The van der Waals surface area contributed by atoms with Crippen LogP contribution in [-0.2, 0) is 0 Å². The van der Waals surface area contributed by atoms with E-state index in [-0.39, 0.29) is 6.04 Å². The van der Waals surface area contributed by atoms with Crippen molar-refractivity contribution in [3.63, 3.8) is 0 Å². The molecular weight excluding hydrogens is 182 g/mol. The van der Waals surface area contributed by atoms with Crippen LogP contribution in [0.15, 0.2) is 12.2 Å². The molecule has 4 bridgehead atoms. The van der Waals surface area contributed by atoms with Gasteiger partial charge in [-0.15, -0.1) is 0 Å². The van der Waals surface area contributed by atoms with E-state index in [1.165, 1.54) is 37.7 Å². The second-order valence-corrected chi connectivity index (χ2v) is 6.38. The summed E-state index contributed by atoms with van der Waals surface area (Å²) in [6, 6.07) is 0.278. The highest BCUT2D eigenvalue weighted by atomic mass is 14.7. The Morgan fingerprint density at radius 2 is 1.53 bits per heavy atom.